The second-order valence-electron chi connectivity index (χ2n) is 8.90. The van der Waals surface area contributed by atoms with Crippen molar-refractivity contribution in [1.82, 2.24) is 19.5 Å². The Hall–Kier alpha value is -3.53. The maximum Gasteiger partial charge on any atom is 0.338 e. The molecule has 35 heavy (non-hydrogen) atoms. The molecule has 0 saturated heterocycles. The summed E-state index contributed by atoms with van der Waals surface area (Å²) in [6.45, 7) is 2.60. The fraction of sp³-hybridized carbons (Fsp3) is 0.417. The molecule has 5 rings (SSSR count). The molecule has 2 heterocycles. The van der Waals surface area contributed by atoms with Gasteiger partial charge in [0.15, 0.2) is 16.9 Å². The van der Waals surface area contributed by atoms with Crippen LogP contribution in [0.25, 0.3) is 11.2 Å². The van der Waals surface area contributed by atoms with Gasteiger partial charge in [0.2, 0.25) is 0 Å². The quantitative estimate of drug-likeness (QED) is 0.296. The Bertz CT molecular complexity index is 1300. The highest BCUT2D eigenvalue weighted by atomic mass is 35.5. The van der Waals surface area contributed by atoms with Crippen LogP contribution in [0.3, 0.4) is 0 Å². The molecule has 0 aliphatic heterocycles. The summed E-state index contributed by atoms with van der Waals surface area (Å²) in [5.41, 5.74) is 0.551. The molecular weight excluding hydrogens is 476 g/mol. The molecule has 2 aliphatic rings. The molecule has 5 atom stereocenters. The zero-order chi connectivity index (χ0) is 24.7. The van der Waals surface area contributed by atoms with E-state index in [1.54, 1.807) is 35.2 Å². The van der Waals surface area contributed by atoms with E-state index in [1.165, 1.54) is 20.2 Å². The number of carbonyl (C=O) groups excluding carboxylic acids is 3. The van der Waals surface area contributed by atoms with Crippen LogP contribution in [0.15, 0.2) is 43.0 Å². The van der Waals surface area contributed by atoms with Crippen LogP contribution in [0.5, 0.6) is 0 Å². The summed E-state index contributed by atoms with van der Waals surface area (Å²) >= 11 is 6.19. The number of halogens is 1. The van der Waals surface area contributed by atoms with E-state index < -0.39 is 47.7 Å². The molecule has 2 aromatic heterocycles. The fourth-order valence-electron chi connectivity index (χ4n) is 5.31. The van der Waals surface area contributed by atoms with E-state index in [1.807, 2.05) is 6.07 Å². The monoisotopic (exact) mass is 498 g/mol. The van der Waals surface area contributed by atoms with Crippen molar-refractivity contribution in [3.8, 4) is 0 Å². The van der Waals surface area contributed by atoms with Gasteiger partial charge in [0.25, 0.3) is 0 Å². The highest BCUT2D eigenvalue weighted by Crippen LogP contribution is 2.60. The molecule has 182 valence electrons. The van der Waals surface area contributed by atoms with Crippen molar-refractivity contribution < 1.29 is 28.6 Å². The number of hydrogen-bond acceptors (Lipinski definition) is 9. The minimum Gasteiger partial charge on any atom is -0.458 e. The summed E-state index contributed by atoms with van der Waals surface area (Å²) in [6.07, 6.45) is 2.29. The van der Waals surface area contributed by atoms with Crippen LogP contribution in [0.1, 0.15) is 49.5 Å². The fourth-order valence-corrected chi connectivity index (χ4v) is 5.49. The van der Waals surface area contributed by atoms with Gasteiger partial charge in [0.1, 0.15) is 24.1 Å². The number of ether oxygens (including phenoxy) is 3. The highest BCUT2D eigenvalue weighted by molar-refractivity contribution is 6.33. The van der Waals surface area contributed by atoms with Gasteiger partial charge in [-0.25, -0.2) is 19.7 Å². The van der Waals surface area contributed by atoms with Crippen molar-refractivity contribution in [3.63, 3.8) is 0 Å². The second-order valence-corrected chi connectivity index (χ2v) is 9.25. The molecule has 1 spiro atoms. The molecule has 0 N–H and O–H groups in total. The molecule has 2 saturated carbocycles. The molecule has 1 aromatic carbocycles. The third-order valence-corrected chi connectivity index (χ3v) is 7.15. The van der Waals surface area contributed by atoms with Gasteiger partial charge in [-0.2, -0.15) is 0 Å². The average Bonchev–Trinajstić information content (AvgIpc) is 3.38. The third-order valence-electron chi connectivity index (χ3n) is 6.87. The Morgan fingerprint density at radius 3 is 2.43 bits per heavy atom. The van der Waals surface area contributed by atoms with E-state index in [0.717, 1.165) is 0 Å². The summed E-state index contributed by atoms with van der Waals surface area (Å²) in [6, 6.07) is 8.20. The maximum atomic E-state index is 12.8. The number of aromatic nitrogens is 4. The molecule has 0 bridgehead atoms. The average molecular weight is 499 g/mol. The summed E-state index contributed by atoms with van der Waals surface area (Å²) in [4.78, 5) is 49.7. The number of benzene rings is 1. The van der Waals surface area contributed by atoms with Crippen LogP contribution in [0, 0.1) is 5.41 Å². The van der Waals surface area contributed by atoms with E-state index in [2.05, 4.69) is 15.0 Å². The minimum absolute atomic E-state index is 0.195. The Labute approximate surface area is 205 Å². The molecule has 2 aliphatic carbocycles. The standard InChI is InChI=1S/C24H23ClN4O6/c1-13(30)33-19-16(29-12-28-18-21(25)26-11-27-22(18)29)10-24(20(19)34-14(2)31)9-8-17(24)35-23(32)15-6-4-3-5-7-15/h3-7,11-12,16-17,19-20H,8-10H2,1-2H3/t16-,17+,19?,20?,24+/m1/s1. The van der Waals surface area contributed by atoms with Crippen molar-refractivity contribution in [2.24, 2.45) is 5.41 Å². The first-order valence-electron chi connectivity index (χ1n) is 11.2. The minimum atomic E-state index is -0.847. The van der Waals surface area contributed by atoms with E-state index in [0.29, 0.717) is 36.0 Å². The smallest absolute Gasteiger partial charge is 0.338 e. The van der Waals surface area contributed by atoms with Gasteiger partial charge in [-0.1, -0.05) is 29.8 Å². The Balaban J connectivity index is 1.54. The first kappa shape index (κ1) is 23.2. The van der Waals surface area contributed by atoms with Gasteiger partial charge in [0, 0.05) is 13.8 Å². The molecule has 11 heteroatoms. The molecule has 0 radical (unpaired) electrons. The van der Waals surface area contributed by atoms with Crippen molar-refractivity contribution in [2.75, 3.05) is 0 Å². The number of rotatable bonds is 5. The lowest BCUT2D eigenvalue weighted by Gasteiger charge is -2.49. The molecule has 2 unspecified atom stereocenters. The van der Waals surface area contributed by atoms with Gasteiger partial charge in [0.05, 0.1) is 23.3 Å². The number of carbonyl (C=O) groups is 3. The number of nitrogens with zero attached hydrogens (tertiary/aromatic N) is 4. The number of esters is 3. The summed E-state index contributed by atoms with van der Waals surface area (Å²) in [5.74, 6) is -1.51. The zero-order valence-electron chi connectivity index (χ0n) is 19.1. The van der Waals surface area contributed by atoms with Crippen LogP contribution >= 0.6 is 11.6 Å². The van der Waals surface area contributed by atoms with E-state index in [4.69, 9.17) is 25.8 Å². The van der Waals surface area contributed by atoms with Crippen molar-refractivity contribution >= 4 is 40.7 Å². The van der Waals surface area contributed by atoms with Gasteiger partial charge in [-0.05, 0) is 31.4 Å². The molecule has 2 fully saturated rings. The van der Waals surface area contributed by atoms with Crippen molar-refractivity contribution in [2.45, 2.75) is 57.5 Å². The number of imidazole rings is 1. The SMILES string of the molecule is CC(=O)OC1C(OC(C)=O)[C@@]2(CC[C@@H]2OC(=O)c2ccccc2)C[C@H]1n1cnc2c(Cl)ncnc21. The Morgan fingerprint density at radius 1 is 1.03 bits per heavy atom. The van der Waals surface area contributed by atoms with Crippen LogP contribution in [0.2, 0.25) is 5.15 Å². The summed E-state index contributed by atoms with van der Waals surface area (Å²) in [5, 5.41) is 0.195. The largest absolute Gasteiger partial charge is 0.458 e. The maximum absolute atomic E-state index is 12.8. The molecule has 0 amide bonds. The third kappa shape index (κ3) is 4.01. The summed E-state index contributed by atoms with van der Waals surface area (Å²) < 4.78 is 19.2. The predicted octanol–water partition coefficient (Wildman–Crippen LogP) is 3.29. The van der Waals surface area contributed by atoms with Crippen molar-refractivity contribution in [1.29, 1.82) is 0 Å². The summed E-state index contributed by atoms with van der Waals surface area (Å²) in [7, 11) is 0. The second kappa shape index (κ2) is 8.92. The first-order valence-corrected chi connectivity index (χ1v) is 11.6. The van der Waals surface area contributed by atoms with E-state index >= 15 is 0 Å². The molecular formula is C24H23ClN4O6. The highest BCUT2D eigenvalue weighted by Gasteiger charge is 2.66. The van der Waals surface area contributed by atoms with Crippen LogP contribution < -0.4 is 0 Å². The number of fused-ring (bicyclic) bond motifs is 1. The molecule has 3 aromatic rings. The topological polar surface area (TPSA) is 123 Å². The predicted molar refractivity (Wildman–Crippen MR) is 122 cm³/mol. The van der Waals surface area contributed by atoms with Crippen molar-refractivity contribution in [3.05, 3.63) is 53.7 Å². The lowest BCUT2D eigenvalue weighted by molar-refractivity contribution is -0.190. The van der Waals surface area contributed by atoms with E-state index in [9.17, 15) is 14.4 Å². The van der Waals surface area contributed by atoms with Gasteiger partial charge < -0.3 is 18.8 Å². The van der Waals surface area contributed by atoms with Gasteiger partial charge >= 0.3 is 17.9 Å². The number of hydrogen-bond donors (Lipinski definition) is 0. The Kier molecular flexibility index (Phi) is 5.92. The van der Waals surface area contributed by atoms with Crippen LogP contribution in [-0.4, -0.2) is 55.7 Å². The normalized spacial score (nSPS) is 27.4. The Morgan fingerprint density at radius 2 is 1.77 bits per heavy atom. The first-order chi connectivity index (χ1) is 16.8. The van der Waals surface area contributed by atoms with Crippen LogP contribution in [-0.2, 0) is 23.8 Å². The zero-order valence-corrected chi connectivity index (χ0v) is 19.8. The van der Waals surface area contributed by atoms with Crippen LogP contribution in [0.4, 0.5) is 0 Å². The molecule has 10 nitrogen and oxygen atoms in total. The van der Waals surface area contributed by atoms with Gasteiger partial charge in [-0.15, -0.1) is 0 Å². The lowest BCUT2D eigenvalue weighted by Crippen LogP contribution is -2.55. The lowest BCUT2D eigenvalue weighted by atomic mass is 9.63. The van der Waals surface area contributed by atoms with E-state index in [-0.39, 0.29) is 5.15 Å². The van der Waals surface area contributed by atoms with Gasteiger partial charge in [-0.3, -0.25) is 9.59 Å².